The second-order valence-electron chi connectivity index (χ2n) is 8.01. The Kier molecular flexibility index (Phi) is 7.30. The Morgan fingerprint density at radius 2 is 1.47 bits per heavy atom. The number of benzene rings is 3. The van der Waals surface area contributed by atoms with Gasteiger partial charge in [0.25, 0.3) is 0 Å². The molecular formula is C27H24N2O6S. The fourth-order valence-electron chi connectivity index (χ4n) is 4.05. The monoisotopic (exact) mass is 504 g/mol. The standard InChI is InChI=1S/C27H24N2O6S/c1-15-11-16(5-9-22(15)33-2)12-19(26(30)18-7-10-23(34-3)24(14-18)35-4)25(27(31)32)17-6-8-20-21(13-17)29-36-28-20/h5-11,13-14H,12H2,1-4H3,(H,31,32)/b25-19+. The maximum absolute atomic E-state index is 13.9. The van der Waals surface area contributed by atoms with E-state index >= 15 is 0 Å². The molecular weight excluding hydrogens is 480 g/mol. The van der Waals surface area contributed by atoms with E-state index in [1.54, 1.807) is 49.6 Å². The SMILES string of the molecule is COc1ccc(C/C(C(=O)c2ccc(OC)c(OC)c2)=C(\C(=O)O)c2ccc3nsnc3c2)cc1C. The van der Waals surface area contributed by atoms with Crippen LogP contribution in [0.1, 0.15) is 27.0 Å². The highest BCUT2D eigenvalue weighted by atomic mass is 32.1. The van der Waals surface area contributed by atoms with E-state index in [-0.39, 0.29) is 23.1 Å². The van der Waals surface area contributed by atoms with Crippen LogP contribution in [0.4, 0.5) is 0 Å². The van der Waals surface area contributed by atoms with Gasteiger partial charge in [0.15, 0.2) is 17.3 Å². The molecule has 0 saturated carbocycles. The number of nitrogens with zero attached hydrogens (tertiary/aromatic N) is 2. The molecule has 1 heterocycles. The van der Waals surface area contributed by atoms with Crippen molar-refractivity contribution in [3.63, 3.8) is 0 Å². The summed E-state index contributed by atoms with van der Waals surface area (Å²) in [6, 6.07) is 15.3. The topological polar surface area (TPSA) is 108 Å². The van der Waals surface area contributed by atoms with Gasteiger partial charge in [-0.25, -0.2) is 4.79 Å². The van der Waals surface area contributed by atoms with E-state index in [2.05, 4.69) is 8.75 Å². The molecule has 1 aromatic heterocycles. The fraction of sp³-hybridized carbons (Fsp3) is 0.185. The van der Waals surface area contributed by atoms with Crippen LogP contribution in [0.15, 0.2) is 60.2 Å². The van der Waals surface area contributed by atoms with Gasteiger partial charge < -0.3 is 19.3 Å². The summed E-state index contributed by atoms with van der Waals surface area (Å²) < 4.78 is 24.4. The minimum atomic E-state index is -1.22. The number of hydrogen-bond acceptors (Lipinski definition) is 8. The second-order valence-corrected chi connectivity index (χ2v) is 8.53. The number of ketones is 1. The third-order valence-electron chi connectivity index (χ3n) is 5.82. The van der Waals surface area contributed by atoms with Crippen molar-refractivity contribution < 1.29 is 28.9 Å². The molecule has 0 radical (unpaired) electrons. The Bertz CT molecular complexity index is 1490. The molecule has 0 unspecified atom stereocenters. The molecule has 8 nitrogen and oxygen atoms in total. The Morgan fingerprint density at radius 1 is 0.806 bits per heavy atom. The van der Waals surface area contributed by atoms with Crippen LogP contribution in [0, 0.1) is 6.92 Å². The zero-order valence-electron chi connectivity index (χ0n) is 20.2. The molecule has 4 rings (SSSR count). The van der Waals surface area contributed by atoms with E-state index in [9.17, 15) is 14.7 Å². The molecule has 0 fully saturated rings. The van der Waals surface area contributed by atoms with Crippen LogP contribution >= 0.6 is 11.7 Å². The van der Waals surface area contributed by atoms with Gasteiger partial charge >= 0.3 is 5.97 Å². The summed E-state index contributed by atoms with van der Waals surface area (Å²) in [5, 5.41) is 10.3. The predicted molar refractivity (Wildman–Crippen MR) is 137 cm³/mol. The summed E-state index contributed by atoms with van der Waals surface area (Å²) in [6.07, 6.45) is 0.0903. The average Bonchev–Trinajstić information content (AvgIpc) is 3.35. The number of fused-ring (bicyclic) bond motifs is 1. The van der Waals surface area contributed by atoms with E-state index in [1.165, 1.54) is 14.2 Å². The Morgan fingerprint density at radius 3 is 2.14 bits per heavy atom. The van der Waals surface area contributed by atoms with E-state index in [0.29, 0.717) is 33.8 Å². The van der Waals surface area contributed by atoms with Gasteiger partial charge in [-0.2, -0.15) is 8.75 Å². The molecule has 3 aromatic carbocycles. The number of aliphatic carboxylic acids is 1. The van der Waals surface area contributed by atoms with Crippen LogP contribution < -0.4 is 14.2 Å². The van der Waals surface area contributed by atoms with Crippen molar-refractivity contribution in [3.05, 3.63) is 82.4 Å². The number of ether oxygens (including phenoxy) is 3. The number of carboxylic acid groups (broad SMARTS) is 1. The minimum Gasteiger partial charge on any atom is -0.496 e. The average molecular weight is 505 g/mol. The zero-order chi connectivity index (χ0) is 25.8. The number of methoxy groups -OCH3 is 3. The zero-order valence-corrected chi connectivity index (χ0v) is 21.0. The van der Waals surface area contributed by atoms with Crippen LogP contribution in [0.3, 0.4) is 0 Å². The van der Waals surface area contributed by atoms with Crippen LogP contribution in [-0.4, -0.2) is 46.9 Å². The molecule has 1 N–H and O–H groups in total. The first kappa shape index (κ1) is 24.9. The van der Waals surface area contributed by atoms with E-state index in [0.717, 1.165) is 22.9 Å². The summed E-state index contributed by atoms with van der Waals surface area (Å²) in [4.78, 5) is 26.5. The summed E-state index contributed by atoms with van der Waals surface area (Å²) >= 11 is 1.04. The molecule has 4 aromatic rings. The first-order chi connectivity index (χ1) is 17.4. The van der Waals surface area contributed by atoms with Crippen molar-refractivity contribution in [1.29, 1.82) is 0 Å². The molecule has 0 aliphatic rings. The summed E-state index contributed by atoms with van der Waals surface area (Å²) in [7, 11) is 4.56. The van der Waals surface area contributed by atoms with E-state index in [1.807, 2.05) is 19.1 Å². The predicted octanol–water partition coefficient (Wildman–Crippen LogP) is 4.99. The lowest BCUT2D eigenvalue weighted by molar-refractivity contribution is -0.130. The lowest BCUT2D eigenvalue weighted by Crippen LogP contribution is -2.14. The van der Waals surface area contributed by atoms with Gasteiger partial charge in [-0.1, -0.05) is 18.2 Å². The van der Waals surface area contributed by atoms with E-state index < -0.39 is 11.8 Å². The number of carboxylic acids is 1. The highest BCUT2D eigenvalue weighted by molar-refractivity contribution is 7.00. The summed E-state index contributed by atoms with van der Waals surface area (Å²) in [5.41, 5.74) is 3.55. The van der Waals surface area contributed by atoms with Crippen molar-refractivity contribution in [1.82, 2.24) is 8.75 Å². The molecule has 0 atom stereocenters. The van der Waals surface area contributed by atoms with Gasteiger partial charge in [-0.15, -0.1) is 0 Å². The quantitative estimate of drug-likeness (QED) is 0.251. The highest BCUT2D eigenvalue weighted by Crippen LogP contribution is 2.32. The molecule has 0 bridgehead atoms. The normalized spacial score (nSPS) is 11.7. The first-order valence-corrected chi connectivity index (χ1v) is 11.7. The minimum absolute atomic E-state index is 0.0903. The Balaban J connectivity index is 1.91. The van der Waals surface area contributed by atoms with Gasteiger partial charge in [0, 0.05) is 17.6 Å². The van der Waals surface area contributed by atoms with Gasteiger partial charge in [-0.05, 0) is 60.0 Å². The molecule has 9 heteroatoms. The van der Waals surface area contributed by atoms with Crippen LogP contribution in [0.5, 0.6) is 17.2 Å². The molecule has 0 aliphatic carbocycles. The molecule has 0 spiro atoms. The van der Waals surface area contributed by atoms with Crippen LogP contribution in [0.2, 0.25) is 0 Å². The second kappa shape index (κ2) is 10.6. The van der Waals surface area contributed by atoms with Gasteiger partial charge in [0.1, 0.15) is 16.8 Å². The van der Waals surface area contributed by atoms with Gasteiger partial charge in [0.05, 0.1) is 38.6 Å². The number of Topliss-reactive ketones (excluding diaryl/α,β-unsaturated/α-hetero) is 1. The molecule has 184 valence electrons. The number of allylic oxidation sites excluding steroid dienone is 1. The maximum Gasteiger partial charge on any atom is 0.336 e. The Labute approximate surface area is 212 Å². The smallest absolute Gasteiger partial charge is 0.336 e. The number of hydrogen-bond donors (Lipinski definition) is 1. The molecule has 0 saturated heterocycles. The summed E-state index contributed by atoms with van der Waals surface area (Å²) in [5.74, 6) is -0.111. The number of aryl methyl sites for hydroxylation is 1. The highest BCUT2D eigenvalue weighted by Gasteiger charge is 2.25. The number of carbonyl (C=O) groups is 2. The fourth-order valence-corrected chi connectivity index (χ4v) is 4.57. The van der Waals surface area contributed by atoms with Crippen molar-refractivity contribution in [3.8, 4) is 17.2 Å². The van der Waals surface area contributed by atoms with Crippen LogP contribution in [-0.2, 0) is 11.2 Å². The summed E-state index contributed by atoms with van der Waals surface area (Å²) in [6.45, 7) is 1.89. The number of rotatable bonds is 9. The Hall–Kier alpha value is -4.24. The molecule has 0 aliphatic heterocycles. The van der Waals surface area contributed by atoms with Crippen molar-refractivity contribution >= 4 is 40.1 Å². The lowest BCUT2D eigenvalue weighted by Gasteiger charge is -2.15. The van der Waals surface area contributed by atoms with Crippen molar-refractivity contribution in [2.75, 3.05) is 21.3 Å². The first-order valence-electron chi connectivity index (χ1n) is 11.0. The van der Waals surface area contributed by atoms with Crippen LogP contribution in [0.25, 0.3) is 16.6 Å². The number of carbonyl (C=O) groups excluding carboxylic acids is 1. The van der Waals surface area contributed by atoms with E-state index in [4.69, 9.17) is 14.2 Å². The third kappa shape index (κ3) is 4.92. The third-order valence-corrected chi connectivity index (χ3v) is 6.37. The lowest BCUT2D eigenvalue weighted by atomic mass is 9.89. The molecule has 36 heavy (non-hydrogen) atoms. The van der Waals surface area contributed by atoms with Crippen molar-refractivity contribution in [2.24, 2.45) is 0 Å². The molecule has 0 amide bonds. The maximum atomic E-state index is 13.9. The van der Waals surface area contributed by atoms with Gasteiger partial charge in [0.2, 0.25) is 0 Å². The number of aromatic nitrogens is 2. The van der Waals surface area contributed by atoms with Crippen molar-refractivity contribution in [2.45, 2.75) is 13.3 Å². The largest absolute Gasteiger partial charge is 0.496 e. The van der Waals surface area contributed by atoms with Gasteiger partial charge in [-0.3, -0.25) is 4.79 Å².